The quantitative estimate of drug-likeness (QED) is 0.684. The van der Waals surface area contributed by atoms with Crippen LogP contribution in [0.4, 0.5) is 0 Å². The van der Waals surface area contributed by atoms with Gasteiger partial charge in [0.2, 0.25) is 5.91 Å². The molecule has 0 atom stereocenters. The molecule has 1 rings (SSSR count). The second-order valence-corrected chi connectivity index (χ2v) is 3.94. The van der Waals surface area contributed by atoms with Crippen molar-refractivity contribution in [2.45, 2.75) is 32.1 Å². The topological polar surface area (TPSA) is 56.1 Å². The van der Waals surface area contributed by atoms with Crippen LogP contribution in [-0.2, 0) is 4.79 Å². The lowest BCUT2D eigenvalue weighted by Gasteiger charge is -2.26. The Labute approximate surface area is 91.2 Å². The molecule has 1 aliphatic rings. The zero-order valence-corrected chi connectivity index (χ0v) is 9.17. The minimum Gasteiger partial charge on any atom is -0.355 e. The summed E-state index contributed by atoms with van der Waals surface area (Å²) in [6.45, 7) is 4.15. The minimum absolute atomic E-state index is 0.0241. The van der Waals surface area contributed by atoms with E-state index in [1.54, 1.807) is 0 Å². The summed E-state index contributed by atoms with van der Waals surface area (Å²) >= 11 is 0. The van der Waals surface area contributed by atoms with Crippen LogP contribution in [0.25, 0.3) is 0 Å². The van der Waals surface area contributed by atoms with Crippen molar-refractivity contribution in [3.8, 4) is 6.07 Å². The molecule has 1 saturated heterocycles. The monoisotopic (exact) mass is 209 g/mol. The van der Waals surface area contributed by atoms with Crippen molar-refractivity contribution in [2.24, 2.45) is 0 Å². The summed E-state index contributed by atoms with van der Waals surface area (Å²) < 4.78 is 0. The highest BCUT2D eigenvalue weighted by molar-refractivity contribution is 5.77. The maximum atomic E-state index is 10.9. The van der Waals surface area contributed by atoms with Crippen molar-refractivity contribution < 1.29 is 4.79 Å². The van der Waals surface area contributed by atoms with Crippen molar-refractivity contribution >= 4 is 5.91 Å². The molecule has 84 valence electrons. The number of nitrogens with one attached hydrogen (secondary N) is 1. The van der Waals surface area contributed by atoms with Gasteiger partial charge in [0.1, 0.15) is 6.42 Å². The molecule has 0 radical (unpaired) electrons. The highest BCUT2D eigenvalue weighted by Gasteiger charge is 2.08. The number of nitriles is 1. The van der Waals surface area contributed by atoms with Gasteiger partial charge < -0.3 is 10.2 Å². The standard InChI is InChI=1S/C11H19N3O/c12-6-5-11(15)13-7-4-10-14-8-2-1-3-9-14/h1-5,7-10H2,(H,13,15). The first-order valence-electron chi connectivity index (χ1n) is 5.69. The van der Waals surface area contributed by atoms with Crippen molar-refractivity contribution in [1.82, 2.24) is 10.2 Å². The van der Waals surface area contributed by atoms with Gasteiger partial charge in [-0.25, -0.2) is 0 Å². The fourth-order valence-electron chi connectivity index (χ4n) is 1.85. The van der Waals surface area contributed by atoms with Crippen LogP contribution in [-0.4, -0.2) is 37.0 Å². The molecule has 4 nitrogen and oxygen atoms in total. The Morgan fingerprint density at radius 3 is 2.73 bits per heavy atom. The van der Waals surface area contributed by atoms with Crippen LogP contribution < -0.4 is 5.32 Å². The molecule has 0 bridgehead atoms. The molecule has 4 heteroatoms. The summed E-state index contributed by atoms with van der Waals surface area (Å²) in [5.41, 5.74) is 0. The van der Waals surface area contributed by atoms with E-state index in [1.807, 2.05) is 6.07 Å². The maximum Gasteiger partial charge on any atom is 0.234 e. The Bertz CT molecular complexity index is 228. The molecule has 1 fully saturated rings. The normalized spacial score (nSPS) is 17.0. The van der Waals surface area contributed by atoms with Gasteiger partial charge in [0.25, 0.3) is 0 Å². The third kappa shape index (κ3) is 5.38. The van der Waals surface area contributed by atoms with Gasteiger partial charge in [-0.1, -0.05) is 6.42 Å². The van der Waals surface area contributed by atoms with Gasteiger partial charge in [-0.05, 0) is 38.9 Å². The number of hydrogen-bond donors (Lipinski definition) is 1. The smallest absolute Gasteiger partial charge is 0.234 e. The number of amides is 1. The lowest BCUT2D eigenvalue weighted by Crippen LogP contribution is -2.33. The van der Waals surface area contributed by atoms with E-state index < -0.39 is 0 Å². The van der Waals surface area contributed by atoms with Crippen molar-refractivity contribution in [3.05, 3.63) is 0 Å². The number of nitrogens with zero attached hydrogens (tertiary/aromatic N) is 2. The molecule has 1 N–H and O–H groups in total. The molecule has 0 saturated carbocycles. The van der Waals surface area contributed by atoms with Crippen LogP contribution in [0.1, 0.15) is 32.1 Å². The lowest BCUT2D eigenvalue weighted by atomic mass is 10.1. The molecular formula is C11H19N3O. The van der Waals surface area contributed by atoms with Crippen LogP contribution in [0.2, 0.25) is 0 Å². The van der Waals surface area contributed by atoms with E-state index in [4.69, 9.17) is 5.26 Å². The molecule has 0 aromatic carbocycles. The summed E-state index contributed by atoms with van der Waals surface area (Å²) in [6, 6.07) is 1.84. The highest BCUT2D eigenvalue weighted by Crippen LogP contribution is 2.08. The molecule has 0 aromatic heterocycles. The molecule has 1 aliphatic heterocycles. The fraction of sp³-hybridized carbons (Fsp3) is 0.818. The number of hydrogen-bond acceptors (Lipinski definition) is 3. The number of rotatable bonds is 5. The number of likely N-dealkylation sites (tertiary alicyclic amines) is 1. The lowest BCUT2D eigenvalue weighted by molar-refractivity contribution is -0.120. The van der Waals surface area contributed by atoms with Crippen LogP contribution in [0.5, 0.6) is 0 Å². The van der Waals surface area contributed by atoms with E-state index in [-0.39, 0.29) is 12.3 Å². The first-order chi connectivity index (χ1) is 7.33. The number of piperidine rings is 1. The summed E-state index contributed by atoms with van der Waals surface area (Å²) in [4.78, 5) is 13.4. The average molecular weight is 209 g/mol. The van der Waals surface area contributed by atoms with Crippen molar-refractivity contribution in [1.29, 1.82) is 5.26 Å². The number of carbonyl (C=O) groups is 1. The van der Waals surface area contributed by atoms with Crippen LogP contribution in [0.3, 0.4) is 0 Å². The molecule has 15 heavy (non-hydrogen) atoms. The van der Waals surface area contributed by atoms with Gasteiger partial charge in [0, 0.05) is 6.54 Å². The first kappa shape index (κ1) is 12.0. The van der Waals surface area contributed by atoms with E-state index in [2.05, 4.69) is 10.2 Å². The Morgan fingerprint density at radius 2 is 2.07 bits per heavy atom. The fourth-order valence-corrected chi connectivity index (χ4v) is 1.85. The van der Waals surface area contributed by atoms with E-state index in [1.165, 1.54) is 32.4 Å². The predicted octanol–water partition coefficient (Wildman–Crippen LogP) is 0.892. The average Bonchev–Trinajstić information content (AvgIpc) is 2.26. The summed E-state index contributed by atoms with van der Waals surface area (Å²) in [7, 11) is 0. The van der Waals surface area contributed by atoms with Crippen molar-refractivity contribution in [3.63, 3.8) is 0 Å². The Morgan fingerprint density at radius 1 is 1.33 bits per heavy atom. The van der Waals surface area contributed by atoms with Crippen LogP contribution >= 0.6 is 0 Å². The Balaban J connectivity index is 1.96. The van der Waals surface area contributed by atoms with Crippen LogP contribution in [0.15, 0.2) is 0 Å². The minimum atomic E-state index is -0.156. The van der Waals surface area contributed by atoms with E-state index in [9.17, 15) is 4.79 Å². The third-order valence-electron chi connectivity index (χ3n) is 2.66. The van der Waals surface area contributed by atoms with Gasteiger partial charge in [-0.3, -0.25) is 4.79 Å². The molecule has 1 amide bonds. The first-order valence-corrected chi connectivity index (χ1v) is 5.69. The van der Waals surface area contributed by atoms with E-state index in [0.717, 1.165) is 13.0 Å². The van der Waals surface area contributed by atoms with Crippen molar-refractivity contribution in [2.75, 3.05) is 26.2 Å². The zero-order chi connectivity index (χ0) is 10.9. The molecule has 0 aromatic rings. The Kier molecular flexibility index (Phi) is 5.79. The second-order valence-electron chi connectivity index (χ2n) is 3.94. The van der Waals surface area contributed by atoms with Gasteiger partial charge in [-0.2, -0.15) is 5.26 Å². The molecule has 0 unspecified atom stereocenters. The Hall–Kier alpha value is -1.08. The van der Waals surface area contributed by atoms with E-state index >= 15 is 0 Å². The zero-order valence-electron chi connectivity index (χ0n) is 9.17. The van der Waals surface area contributed by atoms with Gasteiger partial charge in [0.05, 0.1) is 6.07 Å². The maximum absolute atomic E-state index is 10.9. The summed E-state index contributed by atoms with van der Waals surface area (Å²) in [6.07, 6.45) is 4.93. The van der Waals surface area contributed by atoms with Gasteiger partial charge in [-0.15, -0.1) is 0 Å². The highest BCUT2D eigenvalue weighted by atomic mass is 16.1. The van der Waals surface area contributed by atoms with E-state index in [0.29, 0.717) is 6.54 Å². The largest absolute Gasteiger partial charge is 0.355 e. The summed E-state index contributed by atoms with van der Waals surface area (Å²) in [5, 5.41) is 11.0. The predicted molar refractivity (Wildman–Crippen MR) is 58.1 cm³/mol. The number of carbonyl (C=O) groups excluding carboxylic acids is 1. The van der Waals surface area contributed by atoms with Crippen LogP contribution in [0, 0.1) is 11.3 Å². The van der Waals surface area contributed by atoms with Gasteiger partial charge in [0.15, 0.2) is 0 Å². The SMILES string of the molecule is N#CCC(=O)NCCCN1CCCCC1. The molecule has 0 spiro atoms. The molecular weight excluding hydrogens is 190 g/mol. The second kappa shape index (κ2) is 7.24. The summed E-state index contributed by atoms with van der Waals surface area (Å²) in [5.74, 6) is -0.156. The van der Waals surface area contributed by atoms with Gasteiger partial charge >= 0.3 is 0 Å². The molecule has 1 heterocycles. The molecule has 0 aliphatic carbocycles. The third-order valence-corrected chi connectivity index (χ3v) is 2.66.